The number of aliphatic imine (C=N–C) groups is 1. The van der Waals surface area contributed by atoms with Gasteiger partial charge in [-0.1, -0.05) is 18.2 Å². The number of aryl methyl sites for hydroxylation is 2. The summed E-state index contributed by atoms with van der Waals surface area (Å²) in [5, 5.41) is 7.77. The van der Waals surface area contributed by atoms with E-state index in [1.165, 1.54) is 0 Å². The first-order valence-electron chi connectivity index (χ1n) is 8.08. The fourth-order valence-electron chi connectivity index (χ4n) is 2.72. The molecule has 3 rings (SSSR count). The highest BCUT2D eigenvalue weighted by Gasteiger charge is 2.13. The van der Waals surface area contributed by atoms with Crippen molar-refractivity contribution in [3.8, 4) is 0 Å². The summed E-state index contributed by atoms with van der Waals surface area (Å²) in [6.45, 7) is 6.64. The monoisotopic (exact) mass is 325 g/mol. The van der Waals surface area contributed by atoms with Crippen molar-refractivity contribution in [2.24, 2.45) is 4.99 Å². The van der Waals surface area contributed by atoms with Crippen molar-refractivity contribution in [1.82, 2.24) is 10.6 Å². The predicted octanol–water partition coefficient (Wildman–Crippen LogP) is 4.07. The first kappa shape index (κ1) is 16.2. The maximum absolute atomic E-state index is 5.90. The zero-order valence-corrected chi connectivity index (χ0v) is 14.5. The lowest BCUT2D eigenvalue weighted by Gasteiger charge is -2.16. The molecular weight excluding hydrogens is 302 g/mol. The van der Waals surface area contributed by atoms with Gasteiger partial charge in [-0.25, -0.2) is 0 Å². The van der Waals surface area contributed by atoms with Crippen LogP contribution in [0.15, 0.2) is 50.2 Å². The summed E-state index contributed by atoms with van der Waals surface area (Å²) in [6, 6.07) is 12.1. The molecule has 2 heterocycles. The fraction of sp³-hybridized carbons (Fsp3) is 0.316. The zero-order valence-electron chi connectivity index (χ0n) is 14.5. The highest BCUT2D eigenvalue weighted by molar-refractivity contribution is 5.81. The number of hydrogen-bond donors (Lipinski definition) is 2. The van der Waals surface area contributed by atoms with E-state index >= 15 is 0 Å². The molecule has 0 fully saturated rings. The Morgan fingerprint density at radius 2 is 1.96 bits per heavy atom. The van der Waals surface area contributed by atoms with Crippen LogP contribution in [0.25, 0.3) is 11.0 Å². The number of furan rings is 2. The Bertz CT molecular complexity index is 828. The molecule has 0 aliphatic heterocycles. The van der Waals surface area contributed by atoms with E-state index in [9.17, 15) is 0 Å². The van der Waals surface area contributed by atoms with Crippen molar-refractivity contribution < 1.29 is 8.83 Å². The van der Waals surface area contributed by atoms with Crippen molar-refractivity contribution in [3.63, 3.8) is 0 Å². The molecule has 0 aliphatic rings. The zero-order chi connectivity index (χ0) is 17.1. The summed E-state index contributed by atoms with van der Waals surface area (Å²) in [6.07, 6.45) is 0. The topological polar surface area (TPSA) is 62.7 Å². The van der Waals surface area contributed by atoms with Crippen LogP contribution in [-0.2, 0) is 6.54 Å². The Labute approximate surface area is 141 Å². The van der Waals surface area contributed by atoms with Gasteiger partial charge in [-0.2, -0.15) is 0 Å². The fourth-order valence-corrected chi connectivity index (χ4v) is 2.72. The van der Waals surface area contributed by atoms with Crippen molar-refractivity contribution in [3.05, 3.63) is 59.2 Å². The third kappa shape index (κ3) is 3.45. The Morgan fingerprint density at radius 3 is 2.62 bits per heavy atom. The van der Waals surface area contributed by atoms with Crippen LogP contribution in [0.4, 0.5) is 0 Å². The molecule has 2 N–H and O–H groups in total. The number of nitrogens with zero attached hydrogens (tertiary/aromatic N) is 1. The molecule has 1 atom stereocenters. The summed E-state index contributed by atoms with van der Waals surface area (Å²) in [7, 11) is 1.76. The molecule has 3 aromatic rings. The van der Waals surface area contributed by atoms with Gasteiger partial charge in [0.2, 0.25) is 0 Å². The van der Waals surface area contributed by atoms with Crippen LogP contribution in [0.2, 0.25) is 0 Å². The Morgan fingerprint density at radius 1 is 1.17 bits per heavy atom. The van der Waals surface area contributed by atoms with E-state index in [-0.39, 0.29) is 6.04 Å². The smallest absolute Gasteiger partial charge is 0.191 e. The van der Waals surface area contributed by atoms with E-state index in [0.29, 0.717) is 6.54 Å². The average molecular weight is 325 g/mol. The second-order valence-corrected chi connectivity index (χ2v) is 5.92. The number of fused-ring (bicyclic) bond motifs is 1. The quantitative estimate of drug-likeness (QED) is 0.561. The van der Waals surface area contributed by atoms with Gasteiger partial charge in [-0.15, -0.1) is 0 Å². The lowest BCUT2D eigenvalue weighted by atomic mass is 10.2. The number of hydrogen-bond acceptors (Lipinski definition) is 3. The van der Waals surface area contributed by atoms with Gasteiger partial charge in [-0.05, 0) is 39.0 Å². The van der Waals surface area contributed by atoms with E-state index < -0.39 is 0 Å². The maximum atomic E-state index is 5.90. The van der Waals surface area contributed by atoms with Crippen LogP contribution >= 0.6 is 0 Å². The summed E-state index contributed by atoms with van der Waals surface area (Å²) >= 11 is 0. The third-order valence-corrected chi connectivity index (χ3v) is 4.04. The number of para-hydroxylation sites is 1. The molecule has 1 aromatic carbocycles. The highest BCUT2D eigenvalue weighted by Crippen LogP contribution is 2.23. The van der Waals surface area contributed by atoms with Gasteiger partial charge < -0.3 is 19.5 Å². The normalized spacial score (nSPS) is 13.2. The molecule has 0 aliphatic carbocycles. The van der Waals surface area contributed by atoms with Crippen LogP contribution in [0.5, 0.6) is 0 Å². The molecule has 5 heteroatoms. The van der Waals surface area contributed by atoms with Gasteiger partial charge in [0.25, 0.3) is 0 Å². The number of rotatable bonds is 4. The van der Waals surface area contributed by atoms with Gasteiger partial charge in [0.15, 0.2) is 5.96 Å². The Balaban J connectivity index is 1.65. The van der Waals surface area contributed by atoms with Gasteiger partial charge in [0.1, 0.15) is 22.9 Å². The van der Waals surface area contributed by atoms with E-state index in [1.807, 2.05) is 44.2 Å². The molecule has 0 spiro atoms. The van der Waals surface area contributed by atoms with Crippen LogP contribution in [0, 0.1) is 13.8 Å². The van der Waals surface area contributed by atoms with Crippen LogP contribution < -0.4 is 10.6 Å². The largest absolute Gasteiger partial charge is 0.466 e. The molecular formula is C19H23N3O2. The first-order valence-corrected chi connectivity index (χ1v) is 8.08. The predicted molar refractivity (Wildman–Crippen MR) is 96.1 cm³/mol. The van der Waals surface area contributed by atoms with E-state index in [2.05, 4.69) is 28.6 Å². The minimum absolute atomic E-state index is 0.00998. The highest BCUT2D eigenvalue weighted by atomic mass is 16.3. The van der Waals surface area contributed by atoms with Gasteiger partial charge in [0.05, 0.1) is 6.04 Å². The van der Waals surface area contributed by atoms with Crippen molar-refractivity contribution in [2.75, 3.05) is 7.05 Å². The minimum Gasteiger partial charge on any atom is -0.466 e. The van der Waals surface area contributed by atoms with Crippen molar-refractivity contribution in [2.45, 2.75) is 33.4 Å². The molecule has 2 aromatic heterocycles. The van der Waals surface area contributed by atoms with Gasteiger partial charge in [-0.3, -0.25) is 4.99 Å². The third-order valence-electron chi connectivity index (χ3n) is 4.04. The SMILES string of the molecule is CN=C(NCc1cc(C)oc1C)NC(C)c1cc2ccccc2o1. The van der Waals surface area contributed by atoms with Crippen molar-refractivity contribution >= 4 is 16.9 Å². The lowest BCUT2D eigenvalue weighted by molar-refractivity contribution is 0.487. The summed E-state index contributed by atoms with van der Waals surface area (Å²) in [5.41, 5.74) is 2.03. The summed E-state index contributed by atoms with van der Waals surface area (Å²) in [4.78, 5) is 4.28. The molecule has 5 nitrogen and oxygen atoms in total. The summed E-state index contributed by atoms with van der Waals surface area (Å²) < 4.78 is 11.4. The van der Waals surface area contributed by atoms with E-state index in [1.54, 1.807) is 7.05 Å². The second kappa shape index (κ2) is 6.83. The minimum atomic E-state index is 0.00998. The summed E-state index contributed by atoms with van der Waals surface area (Å²) in [5.74, 6) is 3.46. The van der Waals surface area contributed by atoms with Crippen LogP contribution in [-0.4, -0.2) is 13.0 Å². The van der Waals surface area contributed by atoms with Crippen LogP contribution in [0.1, 0.15) is 35.8 Å². The van der Waals surface area contributed by atoms with E-state index in [0.717, 1.165) is 39.8 Å². The lowest BCUT2D eigenvalue weighted by Crippen LogP contribution is -2.38. The Kier molecular flexibility index (Phi) is 4.60. The average Bonchev–Trinajstić information content (AvgIpc) is 3.14. The second-order valence-electron chi connectivity index (χ2n) is 5.92. The van der Waals surface area contributed by atoms with Crippen molar-refractivity contribution in [1.29, 1.82) is 0 Å². The van der Waals surface area contributed by atoms with Gasteiger partial charge in [0, 0.05) is 24.5 Å². The molecule has 0 radical (unpaired) electrons. The molecule has 0 saturated heterocycles. The Hall–Kier alpha value is -2.69. The number of guanidine groups is 1. The number of benzene rings is 1. The van der Waals surface area contributed by atoms with E-state index in [4.69, 9.17) is 8.83 Å². The van der Waals surface area contributed by atoms with Gasteiger partial charge >= 0.3 is 0 Å². The first-order chi connectivity index (χ1) is 11.6. The molecule has 24 heavy (non-hydrogen) atoms. The molecule has 1 unspecified atom stereocenters. The number of nitrogens with one attached hydrogen (secondary N) is 2. The molecule has 0 saturated carbocycles. The molecule has 0 bridgehead atoms. The van der Waals surface area contributed by atoms with Crippen LogP contribution in [0.3, 0.4) is 0 Å². The molecule has 0 amide bonds. The maximum Gasteiger partial charge on any atom is 0.191 e. The standard InChI is InChI=1S/C19H23N3O2/c1-12-9-16(14(3)23-12)11-21-19(20-4)22-13(2)18-10-15-7-5-6-8-17(15)24-18/h5-10,13H,11H2,1-4H3,(H2,20,21,22). The molecule has 126 valence electrons.